The van der Waals surface area contributed by atoms with Crippen LogP contribution >= 0.6 is 18.9 Å². The number of pyridine rings is 1. The van der Waals surface area contributed by atoms with Crippen LogP contribution in [0.5, 0.6) is 0 Å². The van der Waals surface area contributed by atoms with Gasteiger partial charge in [-0.15, -0.1) is 0 Å². The van der Waals surface area contributed by atoms with E-state index in [4.69, 9.17) is 4.98 Å². The van der Waals surface area contributed by atoms with E-state index in [0.29, 0.717) is 0 Å². The highest BCUT2D eigenvalue weighted by Crippen LogP contribution is 2.43. The molecule has 0 aliphatic carbocycles. The van der Waals surface area contributed by atoms with E-state index in [1.807, 2.05) is 91.0 Å². The van der Waals surface area contributed by atoms with Gasteiger partial charge >= 0.3 is 0 Å². The Morgan fingerprint density at radius 2 is 1.02 bits per heavy atom. The van der Waals surface area contributed by atoms with Gasteiger partial charge in [-0.2, -0.15) is 8.75 Å². The molecule has 2 aromatic heterocycles. The molecule has 0 unspecified atom stereocenters. The van der Waals surface area contributed by atoms with Gasteiger partial charge in [0, 0.05) is 37.6 Å². The predicted molar refractivity (Wildman–Crippen MR) is 180 cm³/mol. The molecular weight excluding hydrogens is 565 g/mol. The van der Waals surface area contributed by atoms with Gasteiger partial charge < -0.3 is 4.57 Å². The van der Waals surface area contributed by atoms with E-state index < -0.39 is 7.14 Å². The fourth-order valence-electron chi connectivity index (χ4n) is 5.91. The number of aromatic nitrogens is 3. The maximum absolute atomic E-state index is 14.7. The van der Waals surface area contributed by atoms with E-state index in [2.05, 4.69) is 63.3 Å². The Kier molecular flexibility index (Phi) is 6.22. The quantitative estimate of drug-likeness (QED) is 0.150. The van der Waals surface area contributed by atoms with E-state index in [1.54, 1.807) is 0 Å². The molecule has 204 valence electrons. The molecule has 0 atom stereocenters. The largest absolute Gasteiger partial charge is 0.309 e. The monoisotopic (exact) mass is 589 g/mol. The Bertz CT molecular complexity index is 2260. The number of para-hydroxylation sites is 1. The SMILES string of the molecule is O=P(c1ccccc1)(c1ccccc1)c1ccc(-c2ccc(-c3nc4ccccc4c4c3ccc3nsnc34)cc2)cc1. The predicted octanol–water partition coefficient (Wildman–Crippen LogP) is 8.37. The summed E-state index contributed by atoms with van der Waals surface area (Å²) >= 11 is 1.24. The zero-order chi connectivity index (χ0) is 28.8. The van der Waals surface area contributed by atoms with Gasteiger partial charge in [-0.3, -0.25) is 0 Å². The average molecular weight is 590 g/mol. The van der Waals surface area contributed by atoms with Crippen LogP contribution in [0.15, 0.2) is 146 Å². The van der Waals surface area contributed by atoms with Crippen LogP contribution < -0.4 is 15.9 Å². The lowest BCUT2D eigenvalue weighted by Gasteiger charge is -2.20. The lowest BCUT2D eigenvalue weighted by molar-refractivity contribution is 0.592. The summed E-state index contributed by atoms with van der Waals surface area (Å²) in [7, 11) is -3.01. The normalized spacial score (nSPS) is 11.8. The lowest BCUT2D eigenvalue weighted by atomic mass is 9.97. The standard InChI is InChI=1S/C37H24N3OPS/c41-42(28-9-3-1-4-10-28,29-11-5-2-6-12-29)30-21-19-26(20-22-30)25-15-17-27(18-16-25)36-32-23-24-34-37(40-43-39-34)35(32)31-13-7-8-14-33(31)38-36/h1-24H. The summed E-state index contributed by atoms with van der Waals surface area (Å²) in [5.74, 6) is 0. The molecule has 4 nitrogen and oxygen atoms in total. The molecule has 43 heavy (non-hydrogen) atoms. The number of hydrogen-bond acceptors (Lipinski definition) is 5. The van der Waals surface area contributed by atoms with Gasteiger partial charge in [-0.25, -0.2) is 4.98 Å². The van der Waals surface area contributed by atoms with Crippen molar-refractivity contribution < 1.29 is 4.57 Å². The summed E-state index contributed by atoms with van der Waals surface area (Å²) < 4.78 is 23.8. The second kappa shape index (κ2) is 10.4. The molecule has 0 saturated heterocycles. The number of benzene rings is 6. The molecule has 2 heterocycles. The minimum atomic E-state index is -3.01. The second-order valence-corrected chi connectivity index (χ2v) is 13.8. The molecule has 0 fully saturated rings. The number of nitrogens with zero attached hydrogens (tertiary/aromatic N) is 3. The molecule has 0 bridgehead atoms. The topological polar surface area (TPSA) is 55.7 Å². The first-order valence-corrected chi connectivity index (χ1v) is 16.5. The van der Waals surface area contributed by atoms with Crippen molar-refractivity contribution in [1.29, 1.82) is 0 Å². The first kappa shape index (κ1) is 25.7. The molecule has 0 radical (unpaired) electrons. The van der Waals surface area contributed by atoms with Gasteiger partial charge in [-0.1, -0.05) is 127 Å². The van der Waals surface area contributed by atoms with Crippen molar-refractivity contribution >= 4 is 67.5 Å². The van der Waals surface area contributed by atoms with Crippen LogP contribution in [0.25, 0.3) is 55.1 Å². The molecule has 0 aliphatic heterocycles. The molecular formula is C37H24N3OPS. The van der Waals surface area contributed by atoms with Gasteiger partial charge in [0.05, 0.1) is 22.9 Å². The first-order valence-electron chi connectivity index (χ1n) is 14.1. The van der Waals surface area contributed by atoms with Gasteiger partial charge in [-0.05, 0) is 29.3 Å². The minimum absolute atomic E-state index is 0.819. The Morgan fingerprint density at radius 1 is 0.465 bits per heavy atom. The maximum atomic E-state index is 14.7. The van der Waals surface area contributed by atoms with Gasteiger partial charge in [0.15, 0.2) is 7.14 Å². The van der Waals surface area contributed by atoms with Crippen molar-refractivity contribution in [3.05, 3.63) is 146 Å². The fraction of sp³-hybridized carbons (Fsp3) is 0. The number of rotatable bonds is 5. The second-order valence-electron chi connectivity index (χ2n) is 10.5. The third-order valence-electron chi connectivity index (χ3n) is 8.05. The van der Waals surface area contributed by atoms with E-state index >= 15 is 0 Å². The third-order valence-corrected chi connectivity index (χ3v) is 11.7. The first-order chi connectivity index (χ1) is 21.2. The Hall–Kier alpha value is -4.96. The van der Waals surface area contributed by atoms with Gasteiger partial charge in [0.1, 0.15) is 11.0 Å². The zero-order valence-corrected chi connectivity index (χ0v) is 24.7. The molecule has 0 saturated carbocycles. The molecule has 0 N–H and O–H groups in total. The van der Waals surface area contributed by atoms with E-state index in [-0.39, 0.29) is 0 Å². The van der Waals surface area contributed by atoms with Gasteiger partial charge in [0.25, 0.3) is 0 Å². The smallest absolute Gasteiger partial charge is 0.171 e. The number of hydrogen-bond donors (Lipinski definition) is 0. The lowest BCUT2D eigenvalue weighted by Crippen LogP contribution is -2.24. The molecule has 8 rings (SSSR count). The van der Waals surface area contributed by atoms with Crippen LogP contribution in [0.1, 0.15) is 0 Å². The van der Waals surface area contributed by atoms with Gasteiger partial charge in [0.2, 0.25) is 0 Å². The van der Waals surface area contributed by atoms with Crippen molar-refractivity contribution in [2.75, 3.05) is 0 Å². The maximum Gasteiger partial charge on any atom is 0.171 e. The molecule has 0 amide bonds. The van der Waals surface area contributed by atoms with Crippen LogP contribution in [-0.2, 0) is 4.57 Å². The fourth-order valence-corrected chi connectivity index (χ4v) is 9.10. The summed E-state index contributed by atoms with van der Waals surface area (Å²) in [6.45, 7) is 0. The highest BCUT2D eigenvalue weighted by molar-refractivity contribution is 7.85. The Morgan fingerprint density at radius 3 is 1.70 bits per heavy atom. The van der Waals surface area contributed by atoms with E-state index in [1.165, 1.54) is 11.7 Å². The minimum Gasteiger partial charge on any atom is -0.309 e. The van der Waals surface area contributed by atoms with Crippen molar-refractivity contribution in [1.82, 2.24) is 13.7 Å². The summed E-state index contributed by atoms with van der Waals surface area (Å²) in [5.41, 5.74) is 6.88. The van der Waals surface area contributed by atoms with Crippen molar-refractivity contribution in [2.24, 2.45) is 0 Å². The van der Waals surface area contributed by atoms with Crippen LogP contribution in [-0.4, -0.2) is 13.7 Å². The van der Waals surface area contributed by atoms with E-state index in [0.717, 1.165) is 71.0 Å². The molecule has 8 aromatic rings. The zero-order valence-electron chi connectivity index (χ0n) is 23.0. The highest BCUT2D eigenvalue weighted by Gasteiger charge is 2.29. The summed E-state index contributed by atoms with van der Waals surface area (Å²) in [6, 6.07) is 48.6. The van der Waals surface area contributed by atoms with Crippen LogP contribution in [0.4, 0.5) is 0 Å². The summed E-state index contributed by atoms with van der Waals surface area (Å²) in [4.78, 5) is 5.09. The molecule has 6 heteroatoms. The Labute approximate surface area is 253 Å². The van der Waals surface area contributed by atoms with Crippen molar-refractivity contribution in [2.45, 2.75) is 0 Å². The van der Waals surface area contributed by atoms with E-state index in [9.17, 15) is 4.57 Å². The number of fused-ring (bicyclic) bond motifs is 5. The summed E-state index contributed by atoms with van der Waals surface area (Å²) in [6.07, 6.45) is 0. The van der Waals surface area contributed by atoms with Crippen molar-refractivity contribution in [3.8, 4) is 22.4 Å². The molecule has 0 aliphatic rings. The molecule has 0 spiro atoms. The average Bonchev–Trinajstić information content (AvgIpc) is 3.58. The van der Waals surface area contributed by atoms with Crippen LogP contribution in [0.2, 0.25) is 0 Å². The van der Waals surface area contributed by atoms with Crippen LogP contribution in [0.3, 0.4) is 0 Å². The van der Waals surface area contributed by atoms with Crippen LogP contribution in [0, 0.1) is 0 Å². The summed E-state index contributed by atoms with van der Waals surface area (Å²) in [5, 5.41) is 5.72. The third kappa shape index (κ3) is 4.28. The van der Waals surface area contributed by atoms with Crippen molar-refractivity contribution in [3.63, 3.8) is 0 Å². The highest BCUT2D eigenvalue weighted by atomic mass is 32.1. The molecule has 6 aromatic carbocycles. The Balaban J connectivity index is 1.19.